The van der Waals surface area contributed by atoms with Crippen molar-refractivity contribution in [1.82, 2.24) is 19.8 Å². The highest BCUT2D eigenvalue weighted by Gasteiger charge is 2.18. The van der Waals surface area contributed by atoms with Gasteiger partial charge in [-0.25, -0.2) is 4.98 Å². The molecular weight excluding hydrogens is 336 g/mol. The standard InChI is InChI=1S/C21H30N6/c1-17-5-4-6-19(13-17)27-11-9-26(10-12-27)8-7-18(2)23-15-21-20(14-22)24-16-25(21)3/h4-6,13,16,18,23H,7-12,15H2,1-3H3. The number of nitriles is 1. The van der Waals surface area contributed by atoms with Crippen LogP contribution in [0.3, 0.4) is 0 Å². The van der Waals surface area contributed by atoms with Crippen molar-refractivity contribution in [3.8, 4) is 6.07 Å². The predicted octanol–water partition coefficient (Wildman–Crippen LogP) is 2.29. The molecule has 27 heavy (non-hydrogen) atoms. The van der Waals surface area contributed by atoms with Crippen molar-refractivity contribution >= 4 is 5.69 Å². The highest BCUT2D eigenvalue weighted by atomic mass is 15.3. The van der Waals surface area contributed by atoms with Crippen molar-refractivity contribution < 1.29 is 0 Å². The maximum Gasteiger partial charge on any atom is 0.162 e. The van der Waals surface area contributed by atoms with Gasteiger partial charge in [-0.2, -0.15) is 5.26 Å². The SMILES string of the molecule is Cc1cccc(N2CCN(CCC(C)NCc3c(C#N)ncn3C)CC2)c1. The molecule has 2 aromatic rings. The van der Waals surface area contributed by atoms with E-state index in [1.807, 2.05) is 11.6 Å². The van der Waals surface area contributed by atoms with Crippen LogP contribution in [0.4, 0.5) is 5.69 Å². The molecule has 0 bridgehead atoms. The van der Waals surface area contributed by atoms with Gasteiger partial charge in [0.15, 0.2) is 5.69 Å². The molecule has 3 rings (SSSR count). The van der Waals surface area contributed by atoms with Crippen molar-refractivity contribution in [2.24, 2.45) is 7.05 Å². The second-order valence-electron chi connectivity index (χ2n) is 7.50. The molecule has 1 aromatic carbocycles. The molecule has 1 aliphatic heterocycles. The lowest BCUT2D eigenvalue weighted by Crippen LogP contribution is -2.47. The van der Waals surface area contributed by atoms with Gasteiger partial charge in [0, 0.05) is 51.5 Å². The van der Waals surface area contributed by atoms with E-state index in [-0.39, 0.29) is 0 Å². The van der Waals surface area contributed by atoms with E-state index in [2.05, 4.69) is 64.3 Å². The van der Waals surface area contributed by atoms with Gasteiger partial charge in [0.25, 0.3) is 0 Å². The average Bonchev–Trinajstić information content (AvgIpc) is 3.04. The van der Waals surface area contributed by atoms with Gasteiger partial charge >= 0.3 is 0 Å². The summed E-state index contributed by atoms with van der Waals surface area (Å²) in [6.07, 6.45) is 2.80. The highest BCUT2D eigenvalue weighted by molar-refractivity contribution is 5.48. The molecule has 1 unspecified atom stereocenters. The second kappa shape index (κ2) is 9.03. The molecule has 6 nitrogen and oxygen atoms in total. The van der Waals surface area contributed by atoms with Gasteiger partial charge in [0.05, 0.1) is 12.0 Å². The van der Waals surface area contributed by atoms with E-state index in [0.717, 1.165) is 44.8 Å². The summed E-state index contributed by atoms with van der Waals surface area (Å²) in [6.45, 7) is 10.6. The summed E-state index contributed by atoms with van der Waals surface area (Å²) in [7, 11) is 1.93. The Labute approximate surface area is 162 Å². The molecule has 1 atom stereocenters. The van der Waals surface area contributed by atoms with Crippen LogP contribution in [0, 0.1) is 18.3 Å². The number of benzene rings is 1. The normalized spacial score (nSPS) is 16.3. The lowest BCUT2D eigenvalue weighted by atomic mass is 10.1. The summed E-state index contributed by atoms with van der Waals surface area (Å²) in [6, 6.07) is 11.3. The largest absolute Gasteiger partial charge is 0.369 e. The minimum absolute atomic E-state index is 0.404. The van der Waals surface area contributed by atoms with E-state index in [1.54, 1.807) is 6.33 Å². The smallest absolute Gasteiger partial charge is 0.162 e. The summed E-state index contributed by atoms with van der Waals surface area (Å²) in [4.78, 5) is 9.15. The van der Waals surface area contributed by atoms with Crippen LogP contribution in [0.15, 0.2) is 30.6 Å². The first-order chi connectivity index (χ1) is 13.1. The number of aromatic nitrogens is 2. The van der Waals surface area contributed by atoms with E-state index < -0.39 is 0 Å². The van der Waals surface area contributed by atoms with E-state index >= 15 is 0 Å². The van der Waals surface area contributed by atoms with Gasteiger partial charge in [-0.05, 0) is 44.5 Å². The summed E-state index contributed by atoms with van der Waals surface area (Å²) >= 11 is 0. The maximum atomic E-state index is 9.13. The lowest BCUT2D eigenvalue weighted by Gasteiger charge is -2.36. The molecule has 6 heteroatoms. The molecule has 1 aromatic heterocycles. The zero-order valence-electron chi connectivity index (χ0n) is 16.6. The minimum atomic E-state index is 0.404. The van der Waals surface area contributed by atoms with Crippen LogP contribution in [0.25, 0.3) is 0 Å². The van der Waals surface area contributed by atoms with E-state index in [0.29, 0.717) is 18.3 Å². The van der Waals surface area contributed by atoms with Crippen molar-refractivity contribution in [3.63, 3.8) is 0 Å². The van der Waals surface area contributed by atoms with Crippen LogP contribution in [0.5, 0.6) is 0 Å². The second-order valence-corrected chi connectivity index (χ2v) is 7.50. The van der Waals surface area contributed by atoms with E-state index in [9.17, 15) is 0 Å². The monoisotopic (exact) mass is 366 g/mol. The molecule has 0 aliphatic carbocycles. The van der Waals surface area contributed by atoms with Gasteiger partial charge in [-0.15, -0.1) is 0 Å². The Morgan fingerprint density at radius 2 is 2.04 bits per heavy atom. The molecule has 1 aliphatic rings. The van der Waals surface area contributed by atoms with Crippen molar-refractivity contribution in [2.75, 3.05) is 37.6 Å². The molecule has 0 saturated carbocycles. The Morgan fingerprint density at radius 3 is 2.74 bits per heavy atom. The van der Waals surface area contributed by atoms with Crippen molar-refractivity contribution in [3.05, 3.63) is 47.5 Å². The summed E-state index contributed by atoms with van der Waals surface area (Å²) in [5.41, 5.74) is 4.14. The molecule has 2 heterocycles. The first kappa shape index (κ1) is 19.4. The van der Waals surface area contributed by atoms with Gasteiger partial charge < -0.3 is 14.8 Å². The Morgan fingerprint density at radius 1 is 1.26 bits per heavy atom. The number of nitrogens with zero attached hydrogens (tertiary/aromatic N) is 5. The zero-order chi connectivity index (χ0) is 19.2. The van der Waals surface area contributed by atoms with Crippen LogP contribution < -0.4 is 10.2 Å². The van der Waals surface area contributed by atoms with Crippen molar-refractivity contribution in [2.45, 2.75) is 32.9 Å². The fraction of sp³-hybridized carbons (Fsp3) is 0.524. The van der Waals surface area contributed by atoms with E-state index in [1.165, 1.54) is 11.3 Å². The minimum Gasteiger partial charge on any atom is -0.369 e. The third kappa shape index (κ3) is 5.09. The summed E-state index contributed by atoms with van der Waals surface area (Å²) in [5.74, 6) is 0. The van der Waals surface area contributed by atoms with Gasteiger partial charge in [0.1, 0.15) is 6.07 Å². The summed E-state index contributed by atoms with van der Waals surface area (Å²) < 4.78 is 1.92. The third-order valence-corrected chi connectivity index (χ3v) is 5.40. The summed E-state index contributed by atoms with van der Waals surface area (Å²) in [5, 5.41) is 12.7. The average molecular weight is 367 g/mol. The number of rotatable bonds is 7. The first-order valence-corrected chi connectivity index (χ1v) is 9.74. The molecule has 0 spiro atoms. The molecule has 144 valence electrons. The quantitative estimate of drug-likeness (QED) is 0.815. The number of piperazine rings is 1. The maximum absolute atomic E-state index is 9.13. The third-order valence-electron chi connectivity index (χ3n) is 5.40. The zero-order valence-corrected chi connectivity index (χ0v) is 16.6. The number of imidazole rings is 1. The fourth-order valence-corrected chi connectivity index (χ4v) is 3.56. The number of aryl methyl sites for hydroxylation is 2. The van der Waals surface area contributed by atoms with Gasteiger partial charge in [-0.1, -0.05) is 12.1 Å². The Hall–Kier alpha value is -2.36. The molecular formula is C21H30N6. The predicted molar refractivity (Wildman–Crippen MR) is 109 cm³/mol. The van der Waals surface area contributed by atoms with Crippen molar-refractivity contribution in [1.29, 1.82) is 5.26 Å². The topological polar surface area (TPSA) is 60.1 Å². The number of nitrogens with one attached hydrogen (secondary N) is 1. The van der Waals surface area contributed by atoms with Gasteiger partial charge in [0.2, 0.25) is 0 Å². The lowest BCUT2D eigenvalue weighted by molar-refractivity contribution is 0.244. The number of hydrogen-bond donors (Lipinski definition) is 1. The Bertz CT molecular complexity index is 782. The molecule has 0 amide bonds. The first-order valence-electron chi connectivity index (χ1n) is 9.74. The highest BCUT2D eigenvalue weighted by Crippen LogP contribution is 2.18. The number of anilines is 1. The Kier molecular flexibility index (Phi) is 6.49. The van der Waals surface area contributed by atoms with E-state index in [4.69, 9.17) is 5.26 Å². The van der Waals surface area contributed by atoms with Crippen LogP contribution in [-0.2, 0) is 13.6 Å². The van der Waals surface area contributed by atoms with Crippen LogP contribution in [0.1, 0.15) is 30.3 Å². The Balaban J connectivity index is 1.39. The molecule has 1 saturated heterocycles. The molecule has 1 fully saturated rings. The van der Waals surface area contributed by atoms with Gasteiger partial charge in [-0.3, -0.25) is 4.90 Å². The fourth-order valence-electron chi connectivity index (χ4n) is 3.56. The van der Waals surface area contributed by atoms with Crippen LogP contribution in [0.2, 0.25) is 0 Å². The van der Waals surface area contributed by atoms with Crippen LogP contribution >= 0.6 is 0 Å². The molecule has 0 radical (unpaired) electrons. The van der Waals surface area contributed by atoms with Crippen LogP contribution in [-0.4, -0.2) is 53.2 Å². The molecule has 1 N–H and O–H groups in total. The number of hydrogen-bond acceptors (Lipinski definition) is 5.